The van der Waals surface area contributed by atoms with Crippen molar-refractivity contribution >= 4 is 11.9 Å². The van der Waals surface area contributed by atoms with Crippen molar-refractivity contribution in [2.24, 2.45) is 37.7 Å². The van der Waals surface area contributed by atoms with Crippen LogP contribution in [0.1, 0.15) is 45.7 Å². The number of carboxylic acids is 1. The number of amides is 1. The van der Waals surface area contributed by atoms with Crippen LogP contribution in [0.4, 0.5) is 0 Å². The average Bonchev–Trinajstić information content (AvgIpc) is 3.77. The Balaban J connectivity index is 0.000000204. The number of carbonyl (C=O) groups is 2. The van der Waals surface area contributed by atoms with Gasteiger partial charge in [-0.15, -0.1) is 0 Å². The lowest BCUT2D eigenvalue weighted by atomic mass is 10.0. The Labute approximate surface area is 192 Å². The van der Waals surface area contributed by atoms with Crippen molar-refractivity contribution in [3.05, 3.63) is 70.8 Å². The second kappa shape index (κ2) is 11.4. The summed E-state index contributed by atoms with van der Waals surface area (Å²) in [6.45, 7) is 5.93. The topological polar surface area (TPSA) is 194 Å². The maximum absolute atomic E-state index is 11.6. The van der Waals surface area contributed by atoms with Gasteiger partial charge in [-0.25, -0.2) is 4.79 Å². The minimum atomic E-state index is -0.915. The highest BCUT2D eigenvalue weighted by Crippen LogP contribution is 2.39. The van der Waals surface area contributed by atoms with Gasteiger partial charge in [-0.1, -0.05) is 24.3 Å². The second-order valence-corrected chi connectivity index (χ2v) is 7.52. The van der Waals surface area contributed by atoms with Gasteiger partial charge in [-0.2, -0.15) is 20.5 Å². The zero-order chi connectivity index (χ0) is 24.5. The van der Waals surface area contributed by atoms with E-state index in [4.69, 9.17) is 22.3 Å². The lowest BCUT2D eigenvalue weighted by Crippen LogP contribution is -2.28. The lowest BCUT2D eigenvalue weighted by Gasteiger charge is -2.06. The van der Waals surface area contributed by atoms with E-state index in [-0.39, 0.29) is 17.1 Å². The molecule has 4 rings (SSSR count). The molecule has 2 aliphatic heterocycles. The van der Waals surface area contributed by atoms with Crippen LogP contribution in [0.5, 0.6) is 0 Å². The van der Waals surface area contributed by atoms with Gasteiger partial charge >= 0.3 is 5.97 Å². The summed E-state index contributed by atoms with van der Waals surface area (Å²) in [6.07, 6.45) is 0. The third-order valence-corrected chi connectivity index (χ3v) is 4.77. The molecule has 11 nitrogen and oxygen atoms in total. The molecule has 2 aromatic rings. The predicted molar refractivity (Wildman–Crippen MR) is 124 cm³/mol. The van der Waals surface area contributed by atoms with E-state index in [2.05, 4.69) is 25.8 Å². The Bertz CT molecular complexity index is 989. The molecule has 0 saturated heterocycles. The van der Waals surface area contributed by atoms with Gasteiger partial charge in [0.15, 0.2) is 0 Å². The van der Waals surface area contributed by atoms with Crippen molar-refractivity contribution in [3.63, 3.8) is 0 Å². The fourth-order valence-electron chi connectivity index (χ4n) is 2.53. The number of nitrogens with zero attached hydrogens (tertiary/aromatic N) is 4. The number of carboxylic acid groups (broad SMARTS) is 1. The minimum absolute atomic E-state index is 0.105. The molecule has 176 valence electrons. The first kappa shape index (κ1) is 25.7. The molecule has 33 heavy (non-hydrogen) atoms. The van der Waals surface area contributed by atoms with Crippen molar-refractivity contribution in [3.8, 4) is 0 Å². The molecule has 0 aliphatic carbocycles. The minimum Gasteiger partial charge on any atom is -0.478 e. The summed E-state index contributed by atoms with van der Waals surface area (Å²) < 4.78 is 0. The average molecular weight is 455 g/mol. The van der Waals surface area contributed by atoms with Crippen molar-refractivity contribution in [2.45, 2.75) is 25.2 Å². The predicted octanol–water partition coefficient (Wildman–Crippen LogP) is 1.94. The van der Waals surface area contributed by atoms with E-state index in [1.165, 1.54) is 0 Å². The van der Waals surface area contributed by atoms with Gasteiger partial charge in [0.25, 0.3) is 5.91 Å². The summed E-state index contributed by atoms with van der Waals surface area (Å²) in [4.78, 5) is 22.1. The van der Waals surface area contributed by atoms with Gasteiger partial charge in [-0.05, 0) is 38.1 Å². The standard InChI is InChI=1S/C11H14N4O.C9H8N2O2.C2H8N2/c1-11(14-15-11)9-4-2-8(3-5-9)10(16)13-7-6-12;1-9(10-11-9)7-4-2-6(3-5-7)8(12)13;3-1-2-4/h2-5H,6-7,12H2,1H3,(H,13,16);2-5H,1H3,(H,12,13);1-4H2. The van der Waals surface area contributed by atoms with Crippen LogP contribution in [-0.2, 0) is 11.3 Å². The summed E-state index contributed by atoms with van der Waals surface area (Å²) in [7, 11) is 0. The molecule has 0 saturated carbocycles. The van der Waals surface area contributed by atoms with Crippen molar-refractivity contribution in [1.82, 2.24) is 5.32 Å². The molecule has 8 N–H and O–H groups in total. The molecule has 0 fully saturated rings. The molecule has 0 bridgehead atoms. The number of benzene rings is 2. The Morgan fingerprint density at radius 1 is 0.758 bits per heavy atom. The molecular weight excluding hydrogens is 424 g/mol. The van der Waals surface area contributed by atoms with Crippen molar-refractivity contribution in [1.29, 1.82) is 0 Å². The molecule has 2 aliphatic rings. The Kier molecular flexibility index (Phi) is 8.85. The Morgan fingerprint density at radius 3 is 1.45 bits per heavy atom. The highest BCUT2D eigenvalue weighted by molar-refractivity contribution is 5.94. The van der Waals surface area contributed by atoms with E-state index in [9.17, 15) is 9.59 Å². The Hall–Kier alpha value is -3.54. The molecule has 2 aromatic carbocycles. The van der Waals surface area contributed by atoms with E-state index in [0.29, 0.717) is 31.7 Å². The van der Waals surface area contributed by atoms with E-state index in [1.54, 1.807) is 36.4 Å². The van der Waals surface area contributed by atoms with Crippen molar-refractivity contribution in [2.75, 3.05) is 26.2 Å². The monoisotopic (exact) mass is 454 g/mol. The summed E-state index contributed by atoms with van der Waals surface area (Å²) in [5.41, 5.74) is 17.2. The van der Waals surface area contributed by atoms with Crippen LogP contribution in [0.15, 0.2) is 69.0 Å². The molecule has 0 aromatic heterocycles. The zero-order valence-corrected chi connectivity index (χ0v) is 18.7. The van der Waals surface area contributed by atoms with Crippen LogP contribution in [0.25, 0.3) is 0 Å². The van der Waals surface area contributed by atoms with E-state index >= 15 is 0 Å². The SMILES string of the molecule is CC1(c2ccc(C(=O)NCCN)cc2)N=N1.CC1(c2ccc(C(=O)O)cc2)N=N1.NCCN. The first-order valence-electron chi connectivity index (χ1n) is 10.4. The van der Waals surface area contributed by atoms with Crippen LogP contribution >= 0.6 is 0 Å². The van der Waals surface area contributed by atoms with Gasteiger partial charge in [0.1, 0.15) is 0 Å². The first-order chi connectivity index (χ1) is 15.7. The number of rotatable bonds is 7. The summed E-state index contributed by atoms with van der Waals surface area (Å²) >= 11 is 0. The van der Waals surface area contributed by atoms with Gasteiger partial charge in [-0.3, -0.25) is 4.79 Å². The molecule has 0 radical (unpaired) electrons. The number of nitrogens with two attached hydrogens (primary N) is 3. The molecular formula is C22H30N8O3. The summed E-state index contributed by atoms with van der Waals surface area (Å²) in [6, 6.07) is 13.9. The van der Waals surface area contributed by atoms with Crippen LogP contribution in [0.2, 0.25) is 0 Å². The second-order valence-electron chi connectivity index (χ2n) is 7.52. The highest BCUT2D eigenvalue weighted by atomic mass is 16.4. The van der Waals surface area contributed by atoms with Crippen LogP contribution in [-0.4, -0.2) is 43.2 Å². The summed E-state index contributed by atoms with van der Waals surface area (Å²) in [5, 5.41) is 26.9. The molecule has 11 heteroatoms. The van der Waals surface area contributed by atoms with E-state index in [1.807, 2.05) is 26.0 Å². The van der Waals surface area contributed by atoms with Gasteiger partial charge < -0.3 is 27.6 Å². The smallest absolute Gasteiger partial charge is 0.335 e. The van der Waals surface area contributed by atoms with Gasteiger partial charge in [0, 0.05) is 42.9 Å². The number of aromatic carboxylic acids is 1. The number of hydrogen-bond donors (Lipinski definition) is 5. The van der Waals surface area contributed by atoms with Crippen LogP contribution in [0, 0.1) is 0 Å². The molecule has 0 spiro atoms. The quantitative estimate of drug-likeness (QED) is 0.424. The normalized spacial score (nSPS) is 15.3. The largest absolute Gasteiger partial charge is 0.478 e. The van der Waals surface area contributed by atoms with E-state index in [0.717, 1.165) is 11.1 Å². The van der Waals surface area contributed by atoms with Gasteiger partial charge in [0.05, 0.1) is 5.56 Å². The molecule has 1 amide bonds. The molecule has 0 unspecified atom stereocenters. The van der Waals surface area contributed by atoms with Crippen LogP contribution in [0.3, 0.4) is 0 Å². The number of hydrogen-bond acceptors (Lipinski definition) is 9. The third kappa shape index (κ3) is 7.52. The maximum Gasteiger partial charge on any atom is 0.335 e. The van der Waals surface area contributed by atoms with Crippen molar-refractivity contribution < 1.29 is 14.7 Å². The zero-order valence-electron chi connectivity index (χ0n) is 18.7. The lowest BCUT2D eigenvalue weighted by molar-refractivity contribution is 0.0696. The van der Waals surface area contributed by atoms with Gasteiger partial charge in [0.2, 0.25) is 11.3 Å². The number of carbonyl (C=O) groups excluding carboxylic acids is 1. The molecule has 0 atom stereocenters. The number of nitrogens with one attached hydrogen (secondary N) is 1. The first-order valence-corrected chi connectivity index (χ1v) is 10.4. The van der Waals surface area contributed by atoms with Crippen LogP contribution < -0.4 is 22.5 Å². The summed E-state index contributed by atoms with van der Waals surface area (Å²) in [5.74, 6) is -1.02. The maximum atomic E-state index is 11.6. The fraction of sp³-hybridized carbons (Fsp3) is 0.364. The molecule has 2 heterocycles. The fourth-order valence-corrected chi connectivity index (χ4v) is 2.53. The third-order valence-electron chi connectivity index (χ3n) is 4.77. The highest BCUT2D eigenvalue weighted by Gasteiger charge is 2.36. The van der Waals surface area contributed by atoms with E-state index < -0.39 is 11.6 Å². The Morgan fingerprint density at radius 2 is 1.15 bits per heavy atom.